The quantitative estimate of drug-likeness (QED) is 0.128. The maximum Gasteiger partial charge on any atom is 0.269 e. The highest BCUT2D eigenvalue weighted by molar-refractivity contribution is 6.10. The number of allylic oxidation sites excluding steroid dienone is 1. The van der Waals surface area contributed by atoms with Crippen molar-refractivity contribution in [3.05, 3.63) is 123 Å². The third-order valence-electron chi connectivity index (χ3n) is 10.2. The molecule has 0 aliphatic carbocycles. The van der Waals surface area contributed by atoms with Crippen LogP contribution in [0.3, 0.4) is 0 Å². The molecule has 1 saturated heterocycles. The Labute approximate surface area is 290 Å². The number of non-ortho nitro benzene ring substituents is 1. The van der Waals surface area contributed by atoms with Gasteiger partial charge in [-0.2, -0.15) is 0 Å². The number of likely N-dealkylation sites (tertiary alicyclic amines) is 1. The van der Waals surface area contributed by atoms with E-state index >= 15 is 0 Å². The van der Waals surface area contributed by atoms with Crippen molar-refractivity contribution < 1.29 is 14.5 Å². The van der Waals surface area contributed by atoms with Gasteiger partial charge in [-0.3, -0.25) is 24.7 Å². The summed E-state index contributed by atoms with van der Waals surface area (Å²) in [5, 5.41) is 17.4. The molecule has 3 aromatic rings. The van der Waals surface area contributed by atoms with Gasteiger partial charge in [0.25, 0.3) is 5.69 Å². The van der Waals surface area contributed by atoms with Crippen molar-refractivity contribution in [1.82, 2.24) is 15.5 Å². The molecular weight excluding hydrogens is 614 g/mol. The third kappa shape index (κ3) is 7.67. The fourth-order valence-corrected chi connectivity index (χ4v) is 7.57. The summed E-state index contributed by atoms with van der Waals surface area (Å²) in [4.78, 5) is 46.1. The number of aliphatic imine (C=N–C) groups is 1. The molecule has 0 radical (unpaired) electrons. The maximum atomic E-state index is 14.2. The van der Waals surface area contributed by atoms with E-state index in [-0.39, 0.29) is 34.8 Å². The summed E-state index contributed by atoms with van der Waals surface area (Å²) in [6.45, 7) is 11.2. The molecule has 2 aliphatic heterocycles. The lowest BCUT2D eigenvalue weighted by atomic mass is 9.68. The number of amides is 2. The van der Waals surface area contributed by atoms with Gasteiger partial charge >= 0.3 is 0 Å². The molecule has 3 aromatic carbocycles. The Bertz CT molecular complexity index is 1630. The van der Waals surface area contributed by atoms with Gasteiger partial charge in [0.15, 0.2) is 0 Å². The normalized spacial score (nSPS) is 19.4. The lowest BCUT2D eigenvalue weighted by Gasteiger charge is -2.43. The van der Waals surface area contributed by atoms with Crippen molar-refractivity contribution in [2.75, 3.05) is 33.2 Å². The number of nitrogens with one attached hydrogen (secondary N) is 2. The predicted octanol–water partition coefficient (Wildman–Crippen LogP) is 6.65. The molecule has 9 nitrogen and oxygen atoms in total. The van der Waals surface area contributed by atoms with Crippen LogP contribution in [0, 0.1) is 27.9 Å². The number of carbonyl (C=O) groups excluding carboxylic acids is 2. The van der Waals surface area contributed by atoms with E-state index in [1.807, 2.05) is 27.7 Å². The zero-order chi connectivity index (χ0) is 35.1. The lowest BCUT2D eigenvalue weighted by molar-refractivity contribution is -0.384. The Kier molecular flexibility index (Phi) is 11.4. The molecule has 2 N–H and O–H groups in total. The summed E-state index contributed by atoms with van der Waals surface area (Å²) >= 11 is 0. The molecule has 1 fully saturated rings. The van der Waals surface area contributed by atoms with Gasteiger partial charge in [-0.1, -0.05) is 100 Å². The van der Waals surface area contributed by atoms with Gasteiger partial charge in [-0.05, 0) is 67.4 Å². The second kappa shape index (κ2) is 15.7. The first-order valence-electron chi connectivity index (χ1n) is 17.5. The topological polar surface area (TPSA) is 117 Å². The van der Waals surface area contributed by atoms with Crippen LogP contribution >= 0.6 is 0 Å². The van der Waals surface area contributed by atoms with Crippen LogP contribution in [-0.2, 0) is 15.0 Å². The summed E-state index contributed by atoms with van der Waals surface area (Å²) in [6.07, 6.45) is 2.82. The van der Waals surface area contributed by atoms with E-state index in [1.165, 1.54) is 23.3 Å². The van der Waals surface area contributed by atoms with Gasteiger partial charge in [0.1, 0.15) is 0 Å². The van der Waals surface area contributed by atoms with Crippen molar-refractivity contribution in [3.63, 3.8) is 0 Å². The Morgan fingerprint density at radius 3 is 1.96 bits per heavy atom. The average molecular weight is 664 g/mol. The van der Waals surface area contributed by atoms with Gasteiger partial charge in [0.2, 0.25) is 11.8 Å². The number of piperidine rings is 1. The molecule has 2 heterocycles. The van der Waals surface area contributed by atoms with Gasteiger partial charge in [-0.15, -0.1) is 0 Å². The van der Waals surface area contributed by atoms with Gasteiger partial charge in [-0.25, -0.2) is 0 Å². The molecule has 0 bridgehead atoms. The average Bonchev–Trinajstić information content (AvgIpc) is 3.13. The predicted molar refractivity (Wildman–Crippen MR) is 194 cm³/mol. The molecular formula is C40H49N5O4. The Morgan fingerprint density at radius 1 is 0.898 bits per heavy atom. The molecule has 5 rings (SSSR count). The summed E-state index contributed by atoms with van der Waals surface area (Å²) in [5.74, 6) is -1.98. The first kappa shape index (κ1) is 35.7. The molecule has 258 valence electrons. The SMILES string of the molecule is CNC(=O)C1C(C(C)C)=NC(C(C)C)=C(C(=O)NCCCN2CCC(c3ccccc3)(c3ccccc3)CC2)C1c1ccc([N+](=O)[O-])cc1. The van der Waals surface area contributed by atoms with E-state index in [9.17, 15) is 19.7 Å². The van der Waals surface area contributed by atoms with Crippen LogP contribution < -0.4 is 10.6 Å². The number of hydrogen-bond donors (Lipinski definition) is 2. The summed E-state index contributed by atoms with van der Waals surface area (Å²) < 4.78 is 0. The number of nitrogens with zero attached hydrogens (tertiary/aromatic N) is 3. The van der Waals surface area contributed by atoms with Crippen molar-refractivity contribution >= 4 is 23.2 Å². The molecule has 2 unspecified atom stereocenters. The lowest BCUT2D eigenvalue weighted by Crippen LogP contribution is -2.45. The van der Waals surface area contributed by atoms with Gasteiger partial charge < -0.3 is 15.5 Å². The van der Waals surface area contributed by atoms with Gasteiger partial charge in [0, 0.05) is 48.3 Å². The fraction of sp³-hybridized carbons (Fsp3) is 0.425. The van der Waals surface area contributed by atoms with Crippen molar-refractivity contribution in [1.29, 1.82) is 0 Å². The number of nitro groups is 1. The molecule has 0 spiro atoms. The van der Waals surface area contributed by atoms with Crippen LogP contribution in [0.5, 0.6) is 0 Å². The van der Waals surface area contributed by atoms with Crippen molar-refractivity contribution in [2.24, 2.45) is 22.7 Å². The highest BCUT2D eigenvalue weighted by Crippen LogP contribution is 2.44. The van der Waals surface area contributed by atoms with Crippen molar-refractivity contribution in [2.45, 2.75) is 58.3 Å². The minimum Gasteiger partial charge on any atom is -0.359 e. The monoisotopic (exact) mass is 663 g/mol. The summed E-state index contributed by atoms with van der Waals surface area (Å²) in [7, 11) is 1.58. The van der Waals surface area contributed by atoms with E-state index in [2.05, 4.69) is 76.2 Å². The van der Waals surface area contributed by atoms with Crippen molar-refractivity contribution in [3.8, 4) is 0 Å². The molecule has 2 aliphatic rings. The first-order chi connectivity index (χ1) is 23.6. The van der Waals surface area contributed by atoms with Crippen LogP contribution in [0.1, 0.15) is 69.6 Å². The second-order valence-electron chi connectivity index (χ2n) is 13.8. The smallest absolute Gasteiger partial charge is 0.269 e. The van der Waals surface area contributed by atoms with E-state index in [0.717, 1.165) is 38.9 Å². The molecule has 0 aromatic heterocycles. The Hall–Kier alpha value is -4.63. The largest absolute Gasteiger partial charge is 0.359 e. The fourth-order valence-electron chi connectivity index (χ4n) is 7.57. The zero-order valence-electron chi connectivity index (χ0n) is 29.3. The first-order valence-corrected chi connectivity index (χ1v) is 17.5. The molecule has 2 amide bonds. The van der Waals surface area contributed by atoms with E-state index < -0.39 is 16.8 Å². The van der Waals surface area contributed by atoms with E-state index in [0.29, 0.717) is 29.1 Å². The van der Waals surface area contributed by atoms with Gasteiger partial charge in [0.05, 0.1) is 16.5 Å². The minimum atomic E-state index is -0.724. The third-order valence-corrected chi connectivity index (χ3v) is 10.2. The zero-order valence-corrected chi connectivity index (χ0v) is 29.3. The van der Waals surface area contributed by atoms with Crippen LogP contribution in [-0.4, -0.2) is 60.6 Å². The molecule has 9 heteroatoms. The maximum absolute atomic E-state index is 14.2. The highest BCUT2D eigenvalue weighted by Gasteiger charge is 2.44. The second-order valence-corrected chi connectivity index (χ2v) is 13.8. The van der Waals surface area contributed by atoms with Crippen LogP contribution in [0.4, 0.5) is 5.69 Å². The van der Waals surface area contributed by atoms with Crippen LogP contribution in [0.2, 0.25) is 0 Å². The number of nitro benzene ring substituents is 1. The van der Waals surface area contributed by atoms with E-state index in [1.54, 1.807) is 19.2 Å². The highest BCUT2D eigenvalue weighted by atomic mass is 16.6. The van der Waals surface area contributed by atoms with Crippen LogP contribution in [0.25, 0.3) is 0 Å². The molecule has 2 atom stereocenters. The van der Waals surface area contributed by atoms with E-state index in [4.69, 9.17) is 4.99 Å². The number of carbonyl (C=O) groups is 2. The summed E-state index contributed by atoms with van der Waals surface area (Å²) in [5.41, 5.74) is 5.13. The number of hydrogen-bond acceptors (Lipinski definition) is 6. The Morgan fingerprint density at radius 2 is 1.47 bits per heavy atom. The molecule has 0 saturated carbocycles. The standard InChI is InChI=1S/C40H49N5O4/c1-27(2)36-34(38(46)41-5)33(29-17-19-32(20-18-29)45(48)49)35(37(43-36)28(3)4)39(47)42-23-12-24-44-25-21-40(22-26-44,30-13-8-6-9-14-30)31-15-10-7-11-16-31/h6-11,13-20,27-28,33-34H,12,21-26H2,1-5H3,(H,41,46)(H,42,47). The minimum absolute atomic E-state index is 0.0164. The number of rotatable bonds is 12. The molecule has 49 heavy (non-hydrogen) atoms. The number of benzene rings is 3. The Balaban J connectivity index is 1.32. The van der Waals surface area contributed by atoms with Crippen LogP contribution in [0.15, 0.2) is 101 Å². The summed E-state index contributed by atoms with van der Waals surface area (Å²) in [6, 6.07) is 27.8.